The molecule has 22 heavy (non-hydrogen) atoms. The van der Waals surface area contributed by atoms with Crippen LogP contribution in [-0.4, -0.2) is 35.3 Å². The Kier molecular flexibility index (Phi) is 3.46. The molecule has 2 aliphatic rings. The Morgan fingerprint density at radius 3 is 2.64 bits per heavy atom. The summed E-state index contributed by atoms with van der Waals surface area (Å²) in [5.74, 6) is 0.930. The van der Waals surface area contributed by atoms with E-state index in [2.05, 4.69) is 0 Å². The van der Waals surface area contributed by atoms with Crippen molar-refractivity contribution in [3.8, 4) is 5.75 Å². The van der Waals surface area contributed by atoms with E-state index in [-0.39, 0.29) is 11.7 Å². The fraction of sp³-hybridized carbons (Fsp3) is 0.588. The fourth-order valence-electron chi connectivity index (χ4n) is 3.16. The molecule has 1 aromatic carbocycles. The molecule has 1 amide bonds. The van der Waals surface area contributed by atoms with Gasteiger partial charge < -0.3 is 20.1 Å². The number of likely N-dealkylation sites (tertiary alicyclic amines) is 1. The van der Waals surface area contributed by atoms with Gasteiger partial charge in [0.2, 0.25) is 0 Å². The SMILES string of the molecule is CC(C)(C)OC(=O)N1CCC2(CC1)Cc1cc(N)ccc1O2. The number of piperidine rings is 1. The van der Waals surface area contributed by atoms with Gasteiger partial charge in [-0.05, 0) is 39.0 Å². The predicted octanol–water partition coefficient (Wildman–Crippen LogP) is 2.97. The Hall–Kier alpha value is -1.91. The molecule has 2 aliphatic heterocycles. The lowest BCUT2D eigenvalue weighted by molar-refractivity contribution is -0.00887. The zero-order valence-electron chi connectivity index (χ0n) is 13.5. The van der Waals surface area contributed by atoms with Gasteiger partial charge in [-0.3, -0.25) is 0 Å². The van der Waals surface area contributed by atoms with Crippen molar-refractivity contribution in [2.75, 3.05) is 18.8 Å². The quantitative estimate of drug-likeness (QED) is 0.748. The van der Waals surface area contributed by atoms with Crippen LogP contribution in [0.15, 0.2) is 18.2 Å². The highest BCUT2D eigenvalue weighted by atomic mass is 16.6. The molecule has 5 heteroatoms. The predicted molar refractivity (Wildman–Crippen MR) is 85.0 cm³/mol. The lowest BCUT2D eigenvalue weighted by atomic mass is 9.87. The van der Waals surface area contributed by atoms with Crippen molar-refractivity contribution in [2.45, 2.75) is 51.2 Å². The van der Waals surface area contributed by atoms with Gasteiger partial charge in [-0.15, -0.1) is 0 Å². The molecule has 1 saturated heterocycles. The van der Waals surface area contributed by atoms with E-state index in [0.717, 1.165) is 30.7 Å². The number of carbonyl (C=O) groups is 1. The normalized spacial score (nSPS) is 19.7. The van der Waals surface area contributed by atoms with Gasteiger partial charge in [0.1, 0.15) is 17.0 Å². The van der Waals surface area contributed by atoms with Crippen LogP contribution in [0.1, 0.15) is 39.2 Å². The summed E-state index contributed by atoms with van der Waals surface area (Å²) in [5.41, 5.74) is 7.14. The summed E-state index contributed by atoms with van der Waals surface area (Å²) in [4.78, 5) is 13.9. The third-order valence-corrected chi connectivity index (χ3v) is 4.25. The van der Waals surface area contributed by atoms with Crippen molar-refractivity contribution in [2.24, 2.45) is 0 Å². The van der Waals surface area contributed by atoms with Gasteiger partial charge in [-0.2, -0.15) is 0 Å². The zero-order valence-corrected chi connectivity index (χ0v) is 13.5. The lowest BCUT2D eigenvalue weighted by Gasteiger charge is -2.39. The molecule has 0 atom stereocenters. The van der Waals surface area contributed by atoms with Gasteiger partial charge in [0.05, 0.1) is 0 Å². The van der Waals surface area contributed by atoms with E-state index in [1.54, 1.807) is 4.90 Å². The monoisotopic (exact) mass is 304 g/mol. The maximum absolute atomic E-state index is 12.1. The average Bonchev–Trinajstić information content (AvgIpc) is 2.74. The van der Waals surface area contributed by atoms with Crippen molar-refractivity contribution in [1.29, 1.82) is 0 Å². The summed E-state index contributed by atoms with van der Waals surface area (Å²) in [6, 6.07) is 5.80. The number of rotatable bonds is 0. The first-order chi connectivity index (χ1) is 10.3. The minimum absolute atomic E-state index is 0.186. The van der Waals surface area contributed by atoms with Crippen molar-refractivity contribution < 1.29 is 14.3 Å². The second-order valence-electron chi connectivity index (χ2n) is 7.30. The van der Waals surface area contributed by atoms with E-state index in [4.69, 9.17) is 15.2 Å². The van der Waals surface area contributed by atoms with Gasteiger partial charge in [-0.1, -0.05) is 0 Å². The molecule has 5 nitrogen and oxygen atoms in total. The van der Waals surface area contributed by atoms with Crippen LogP contribution in [0.5, 0.6) is 5.75 Å². The standard InChI is InChI=1S/C17H24N2O3/c1-16(2,3)22-15(20)19-8-6-17(7-9-19)11-12-10-13(18)4-5-14(12)21-17/h4-5,10H,6-9,11,18H2,1-3H3. The first kappa shape index (κ1) is 15.0. The molecule has 0 bridgehead atoms. The van der Waals surface area contributed by atoms with Crippen LogP contribution in [0.25, 0.3) is 0 Å². The number of nitrogens with two attached hydrogens (primary N) is 1. The first-order valence-electron chi connectivity index (χ1n) is 7.82. The van der Waals surface area contributed by atoms with Gasteiger partial charge in [-0.25, -0.2) is 4.79 Å². The average molecular weight is 304 g/mol. The summed E-state index contributed by atoms with van der Waals surface area (Å²) in [6.07, 6.45) is 2.28. The molecule has 3 rings (SSSR count). The Morgan fingerprint density at radius 2 is 2.00 bits per heavy atom. The highest BCUT2D eigenvalue weighted by Crippen LogP contribution is 2.41. The maximum Gasteiger partial charge on any atom is 0.410 e. The van der Waals surface area contributed by atoms with E-state index in [0.29, 0.717) is 13.1 Å². The van der Waals surface area contributed by atoms with E-state index in [1.807, 2.05) is 39.0 Å². The second-order valence-corrected chi connectivity index (χ2v) is 7.30. The molecular weight excluding hydrogens is 280 g/mol. The van der Waals surface area contributed by atoms with E-state index < -0.39 is 5.60 Å². The fourth-order valence-corrected chi connectivity index (χ4v) is 3.16. The van der Waals surface area contributed by atoms with Gasteiger partial charge >= 0.3 is 6.09 Å². The Labute approximate surface area is 131 Å². The van der Waals surface area contributed by atoms with Gasteiger partial charge in [0.15, 0.2) is 0 Å². The zero-order chi connectivity index (χ0) is 16.0. The van der Waals surface area contributed by atoms with Crippen molar-refractivity contribution in [1.82, 2.24) is 4.90 Å². The molecule has 0 radical (unpaired) electrons. The van der Waals surface area contributed by atoms with Crippen LogP contribution in [0.4, 0.5) is 10.5 Å². The summed E-state index contributed by atoms with van der Waals surface area (Å²) >= 11 is 0. The number of nitrogens with zero attached hydrogens (tertiary/aromatic N) is 1. The number of hydrogen-bond acceptors (Lipinski definition) is 4. The van der Waals surface area contributed by atoms with Crippen LogP contribution in [0.3, 0.4) is 0 Å². The minimum Gasteiger partial charge on any atom is -0.487 e. The number of ether oxygens (including phenoxy) is 2. The molecule has 2 heterocycles. The highest BCUT2D eigenvalue weighted by molar-refractivity contribution is 5.68. The largest absolute Gasteiger partial charge is 0.487 e. The summed E-state index contributed by atoms with van der Waals surface area (Å²) < 4.78 is 11.6. The number of fused-ring (bicyclic) bond motifs is 1. The minimum atomic E-state index is -0.455. The lowest BCUT2D eigenvalue weighted by Crippen LogP contribution is -2.50. The number of carbonyl (C=O) groups excluding carboxylic acids is 1. The van der Waals surface area contributed by atoms with Crippen LogP contribution < -0.4 is 10.5 Å². The molecule has 2 N–H and O–H groups in total. The topological polar surface area (TPSA) is 64.8 Å². The van der Waals surface area contributed by atoms with Crippen LogP contribution in [-0.2, 0) is 11.2 Å². The number of hydrogen-bond donors (Lipinski definition) is 1. The molecule has 120 valence electrons. The van der Waals surface area contributed by atoms with E-state index in [1.165, 1.54) is 5.56 Å². The highest BCUT2D eigenvalue weighted by Gasteiger charge is 2.43. The second kappa shape index (κ2) is 5.07. The molecular formula is C17H24N2O3. The summed E-state index contributed by atoms with van der Waals surface area (Å²) in [6.45, 7) is 6.99. The van der Waals surface area contributed by atoms with E-state index in [9.17, 15) is 4.79 Å². The summed E-state index contributed by atoms with van der Waals surface area (Å²) in [7, 11) is 0. The molecule has 0 saturated carbocycles. The maximum atomic E-state index is 12.1. The van der Waals surface area contributed by atoms with Crippen LogP contribution in [0.2, 0.25) is 0 Å². The van der Waals surface area contributed by atoms with E-state index >= 15 is 0 Å². The third-order valence-electron chi connectivity index (χ3n) is 4.25. The molecule has 1 spiro atoms. The van der Waals surface area contributed by atoms with Crippen molar-refractivity contribution >= 4 is 11.8 Å². The molecule has 1 aromatic rings. The number of amides is 1. The third kappa shape index (κ3) is 2.98. The van der Waals surface area contributed by atoms with Crippen LogP contribution >= 0.6 is 0 Å². The molecule has 0 unspecified atom stereocenters. The van der Waals surface area contributed by atoms with Crippen molar-refractivity contribution in [3.63, 3.8) is 0 Å². The van der Waals surface area contributed by atoms with Gasteiger partial charge in [0, 0.05) is 43.6 Å². The first-order valence-corrected chi connectivity index (χ1v) is 7.82. The van der Waals surface area contributed by atoms with Gasteiger partial charge in [0.25, 0.3) is 0 Å². The smallest absolute Gasteiger partial charge is 0.410 e. The summed E-state index contributed by atoms with van der Waals surface area (Å²) in [5, 5.41) is 0. The molecule has 1 fully saturated rings. The molecule has 0 aromatic heterocycles. The Bertz CT molecular complexity index is 584. The number of benzene rings is 1. The van der Waals surface area contributed by atoms with Crippen molar-refractivity contribution in [3.05, 3.63) is 23.8 Å². The number of anilines is 1. The Balaban J connectivity index is 1.62. The van der Waals surface area contributed by atoms with Crippen LogP contribution in [0, 0.1) is 0 Å². The molecule has 0 aliphatic carbocycles. The Morgan fingerprint density at radius 1 is 1.32 bits per heavy atom. The number of nitrogen functional groups attached to an aromatic ring is 1.